The number of rotatable bonds is 6. The van der Waals surface area contributed by atoms with Gasteiger partial charge in [0.25, 0.3) is 0 Å². The summed E-state index contributed by atoms with van der Waals surface area (Å²) in [7, 11) is 1.66. The molecule has 156 valence electrons. The number of carbonyl (C=O) groups excluding carboxylic acids is 1. The van der Waals surface area contributed by atoms with Crippen LogP contribution in [0.4, 0.5) is 4.79 Å². The van der Waals surface area contributed by atoms with Crippen LogP contribution in [-0.4, -0.2) is 49.4 Å². The van der Waals surface area contributed by atoms with Gasteiger partial charge >= 0.3 is 6.09 Å². The summed E-state index contributed by atoms with van der Waals surface area (Å²) < 4.78 is 6.32. The molecule has 0 aliphatic rings. The Kier molecular flexibility index (Phi) is 9.97. The minimum atomic E-state index is -0.624. The molecule has 2 rings (SSSR count). The molecule has 1 aromatic carbocycles. The molecule has 0 saturated carbocycles. The number of amides is 1. The highest BCUT2D eigenvalue weighted by Gasteiger charge is 2.15. The number of aliphatic hydroxyl groups excluding tert-OH is 1. The van der Waals surface area contributed by atoms with Crippen LogP contribution in [0.5, 0.6) is 0 Å². The van der Waals surface area contributed by atoms with Crippen LogP contribution in [0.2, 0.25) is 0 Å². The number of benzene rings is 1. The van der Waals surface area contributed by atoms with Gasteiger partial charge in [-0.15, -0.1) is 35.3 Å². The minimum Gasteiger partial charge on any atom is -0.444 e. The number of aliphatic imine (C=N–C) groups is 1. The molecule has 0 saturated heterocycles. The van der Waals surface area contributed by atoms with E-state index in [1.165, 1.54) is 0 Å². The van der Waals surface area contributed by atoms with Crippen molar-refractivity contribution in [2.24, 2.45) is 4.99 Å². The highest BCUT2D eigenvalue weighted by molar-refractivity contribution is 14.0. The molecule has 28 heavy (non-hydrogen) atoms. The summed E-state index contributed by atoms with van der Waals surface area (Å²) in [6.45, 7) is 6.67. The van der Waals surface area contributed by atoms with Gasteiger partial charge in [-0.3, -0.25) is 4.99 Å². The number of nitrogens with zero attached hydrogens (tertiary/aromatic N) is 1. The summed E-state index contributed by atoms with van der Waals surface area (Å²) in [6.07, 6.45) is -1.08. The topological polar surface area (TPSA) is 95.0 Å². The van der Waals surface area contributed by atoms with Crippen molar-refractivity contribution >= 4 is 57.5 Å². The molecule has 1 aromatic heterocycles. The first kappa shape index (κ1) is 24.4. The van der Waals surface area contributed by atoms with Crippen LogP contribution in [0.1, 0.15) is 31.8 Å². The number of alkyl carbamates (subject to hydrolysis) is 1. The minimum absolute atomic E-state index is 0. The number of aliphatic hydroxyl groups is 1. The second-order valence-corrected chi connectivity index (χ2v) is 8.13. The van der Waals surface area contributed by atoms with Gasteiger partial charge in [0.2, 0.25) is 0 Å². The smallest absolute Gasteiger partial charge is 0.407 e. The van der Waals surface area contributed by atoms with E-state index in [-0.39, 0.29) is 24.0 Å². The monoisotopic (exact) mass is 520 g/mol. The maximum atomic E-state index is 11.6. The van der Waals surface area contributed by atoms with Crippen molar-refractivity contribution in [2.75, 3.05) is 26.7 Å². The number of hydrogen-bond acceptors (Lipinski definition) is 5. The van der Waals surface area contributed by atoms with Gasteiger partial charge in [-0.1, -0.05) is 18.2 Å². The average molecular weight is 520 g/mol. The van der Waals surface area contributed by atoms with Crippen LogP contribution >= 0.6 is 35.3 Å². The maximum Gasteiger partial charge on any atom is 0.407 e. The van der Waals surface area contributed by atoms with E-state index in [4.69, 9.17) is 4.74 Å². The number of guanidine groups is 1. The lowest BCUT2D eigenvalue weighted by Gasteiger charge is -2.20. The van der Waals surface area contributed by atoms with Gasteiger partial charge in [-0.25, -0.2) is 4.79 Å². The Morgan fingerprint density at radius 1 is 1.21 bits per heavy atom. The van der Waals surface area contributed by atoms with Gasteiger partial charge in [-0.2, -0.15) is 0 Å². The fraction of sp³-hybridized carbons (Fsp3) is 0.474. The van der Waals surface area contributed by atoms with Gasteiger partial charge in [0.05, 0.1) is 0 Å². The fourth-order valence-corrected chi connectivity index (χ4v) is 3.39. The molecule has 0 bridgehead atoms. The molecule has 2 aromatic rings. The number of ether oxygens (including phenoxy) is 1. The van der Waals surface area contributed by atoms with Crippen LogP contribution in [0.3, 0.4) is 0 Å². The number of thiophene rings is 1. The van der Waals surface area contributed by atoms with Crippen molar-refractivity contribution in [3.63, 3.8) is 0 Å². The van der Waals surface area contributed by atoms with Crippen LogP contribution in [0.15, 0.2) is 35.3 Å². The van der Waals surface area contributed by atoms with E-state index in [0.717, 1.165) is 15.0 Å². The van der Waals surface area contributed by atoms with Crippen LogP contribution in [-0.2, 0) is 4.74 Å². The molecule has 1 heterocycles. The van der Waals surface area contributed by atoms with Crippen molar-refractivity contribution in [3.8, 4) is 0 Å². The van der Waals surface area contributed by atoms with E-state index in [0.29, 0.717) is 25.6 Å². The molecule has 1 unspecified atom stereocenters. The number of hydrogen-bond donors (Lipinski definition) is 4. The molecule has 0 spiro atoms. The third-order valence-corrected chi connectivity index (χ3v) is 4.76. The third-order valence-electron chi connectivity index (χ3n) is 3.55. The van der Waals surface area contributed by atoms with E-state index in [2.05, 4.69) is 20.9 Å². The zero-order valence-electron chi connectivity index (χ0n) is 16.6. The Hall–Kier alpha value is -1.59. The zero-order chi connectivity index (χ0) is 19.9. The molecule has 1 atom stereocenters. The predicted molar refractivity (Wildman–Crippen MR) is 126 cm³/mol. The van der Waals surface area contributed by atoms with Crippen molar-refractivity contribution < 1.29 is 14.6 Å². The highest BCUT2D eigenvalue weighted by Crippen LogP contribution is 2.29. The van der Waals surface area contributed by atoms with E-state index >= 15 is 0 Å². The molecule has 9 heteroatoms. The third kappa shape index (κ3) is 8.19. The lowest BCUT2D eigenvalue weighted by Crippen LogP contribution is -2.43. The Morgan fingerprint density at radius 3 is 2.54 bits per heavy atom. The average Bonchev–Trinajstić information content (AvgIpc) is 3.03. The molecule has 0 radical (unpaired) electrons. The largest absolute Gasteiger partial charge is 0.444 e. The Balaban J connectivity index is 0.00000392. The SMILES string of the molecule is CN=C(NCCNC(=O)OC(C)(C)C)NCC(O)c1cc2ccccc2s1.I. The normalized spacial score (nSPS) is 12.8. The van der Waals surface area contributed by atoms with Gasteiger partial charge in [0, 0.05) is 36.3 Å². The maximum absolute atomic E-state index is 11.6. The molecular formula is C19H29IN4O3S. The summed E-state index contributed by atoms with van der Waals surface area (Å²) >= 11 is 1.58. The number of carbonyl (C=O) groups is 1. The number of nitrogens with one attached hydrogen (secondary N) is 3. The lowest BCUT2D eigenvalue weighted by atomic mass is 10.2. The number of halogens is 1. The van der Waals surface area contributed by atoms with Gasteiger partial charge in [0.1, 0.15) is 11.7 Å². The summed E-state index contributed by atoms with van der Waals surface area (Å²) in [4.78, 5) is 16.6. The Labute approximate surface area is 187 Å². The number of fused-ring (bicyclic) bond motifs is 1. The molecular weight excluding hydrogens is 491 g/mol. The Bertz CT molecular complexity index is 756. The first-order valence-electron chi connectivity index (χ1n) is 8.86. The highest BCUT2D eigenvalue weighted by atomic mass is 127. The van der Waals surface area contributed by atoms with Crippen LogP contribution in [0.25, 0.3) is 10.1 Å². The van der Waals surface area contributed by atoms with Gasteiger partial charge in [-0.05, 0) is 38.3 Å². The predicted octanol–water partition coefficient (Wildman–Crippen LogP) is 3.24. The Morgan fingerprint density at radius 2 is 1.89 bits per heavy atom. The summed E-state index contributed by atoms with van der Waals surface area (Å²) in [5.74, 6) is 0.557. The second-order valence-electron chi connectivity index (χ2n) is 7.01. The van der Waals surface area contributed by atoms with Gasteiger partial charge < -0.3 is 25.8 Å². The van der Waals surface area contributed by atoms with Crippen molar-refractivity contribution in [1.29, 1.82) is 0 Å². The van der Waals surface area contributed by atoms with Crippen molar-refractivity contribution in [3.05, 3.63) is 35.2 Å². The molecule has 4 N–H and O–H groups in total. The zero-order valence-corrected chi connectivity index (χ0v) is 19.8. The molecule has 0 fully saturated rings. The summed E-state index contributed by atoms with van der Waals surface area (Å²) in [5.41, 5.74) is -0.516. The standard InChI is InChI=1S/C19H28N4O3S.HI/c1-19(2,3)26-18(25)22-10-9-21-17(20-4)23-12-14(24)16-11-13-7-5-6-8-15(13)27-16;/h5-8,11,14,24H,9-10,12H2,1-4H3,(H,22,25)(H2,20,21,23);1H. The van der Waals surface area contributed by atoms with Crippen LogP contribution in [0, 0.1) is 0 Å². The summed E-state index contributed by atoms with van der Waals surface area (Å²) in [5, 5.41) is 20.4. The van der Waals surface area contributed by atoms with Crippen molar-refractivity contribution in [2.45, 2.75) is 32.5 Å². The summed E-state index contributed by atoms with van der Waals surface area (Å²) in [6, 6.07) is 10.1. The first-order chi connectivity index (χ1) is 12.8. The van der Waals surface area contributed by atoms with Crippen molar-refractivity contribution in [1.82, 2.24) is 16.0 Å². The fourth-order valence-electron chi connectivity index (χ4n) is 2.34. The molecule has 7 nitrogen and oxygen atoms in total. The van der Waals surface area contributed by atoms with E-state index in [1.807, 2.05) is 51.1 Å². The van der Waals surface area contributed by atoms with Gasteiger partial charge in [0.15, 0.2) is 5.96 Å². The van der Waals surface area contributed by atoms with E-state index in [9.17, 15) is 9.90 Å². The quantitative estimate of drug-likeness (QED) is 0.203. The molecule has 1 amide bonds. The van der Waals surface area contributed by atoms with E-state index in [1.54, 1.807) is 18.4 Å². The van der Waals surface area contributed by atoms with E-state index < -0.39 is 17.8 Å². The van der Waals surface area contributed by atoms with Crippen LogP contribution < -0.4 is 16.0 Å². The lowest BCUT2D eigenvalue weighted by molar-refractivity contribution is 0.0529. The molecule has 0 aliphatic carbocycles. The second kappa shape index (κ2) is 11.4. The molecule has 0 aliphatic heterocycles. The first-order valence-corrected chi connectivity index (χ1v) is 9.68.